The number of hydrogen-bond donors (Lipinski definition) is 2. The highest BCUT2D eigenvalue weighted by atomic mass is 32.2. The van der Waals surface area contributed by atoms with Crippen LogP contribution in [0, 0.1) is 0 Å². The SMILES string of the molecule is Cn1nc2c(c1S(=O)(=O)Nc1cc(CN)cc(C(F)(F)F)c1)CCC2. The monoisotopic (exact) mass is 374 g/mol. The van der Waals surface area contributed by atoms with E-state index in [4.69, 9.17) is 5.73 Å². The molecule has 0 saturated heterocycles. The number of sulfonamides is 1. The van der Waals surface area contributed by atoms with E-state index in [-0.39, 0.29) is 22.8 Å². The Morgan fingerprint density at radius 1 is 1.28 bits per heavy atom. The van der Waals surface area contributed by atoms with E-state index < -0.39 is 21.8 Å². The zero-order chi connectivity index (χ0) is 18.4. The van der Waals surface area contributed by atoms with Crippen molar-refractivity contribution in [3.63, 3.8) is 0 Å². The van der Waals surface area contributed by atoms with Gasteiger partial charge >= 0.3 is 6.18 Å². The van der Waals surface area contributed by atoms with Crippen LogP contribution in [0.15, 0.2) is 23.2 Å². The van der Waals surface area contributed by atoms with Gasteiger partial charge < -0.3 is 5.73 Å². The fourth-order valence-corrected chi connectivity index (χ4v) is 4.52. The summed E-state index contributed by atoms with van der Waals surface area (Å²) in [6, 6.07) is 2.95. The molecule has 1 aliphatic carbocycles. The van der Waals surface area contributed by atoms with Crippen molar-refractivity contribution < 1.29 is 21.6 Å². The van der Waals surface area contributed by atoms with Gasteiger partial charge in [-0.25, -0.2) is 0 Å². The molecule has 1 aromatic carbocycles. The van der Waals surface area contributed by atoms with Gasteiger partial charge in [-0.15, -0.1) is 0 Å². The number of halogens is 3. The first kappa shape index (κ1) is 17.7. The van der Waals surface area contributed by atoms with Crippen LogP contribution in [0.1, 0.15) is 28.8 Å². The van der Waals surface area contributed by atoms with Gasteiger partial charge in [0, 0.05) is 24.8 Å². The molecule has 3 N–H and O–H groups in total. The first-order valence-corrected chi connectivity index (χ1v) is 9.09. The van der Waals surface area contributed by atoms with Gasteiger partial charge in [0.2, 0.25) is 0 Å². The first-order chi connectivity index (χ1) is 11.6. The summed E-state index contributed by atoms with van der Waals surface area (Å²) < 4.78 is 67.9. The predicted octanol–water partition coefficient (Wildman–Crippen LogP) is 2.19. The Balaban J connectivity index is 2.02. The number of hydrogen-bond acceptors (Lipinski definition) is 4. The van der Waals surface area contributed by atoms with Crippen molar-refractivity contribution in [3.05, 3.63) is 40.6 Å². The standard InChI is InChI=1S/C15H17F3N4O2S/c1-22-14(12-3-2-4-13(12)20-22)25(23,24)21-11-6-9(8-19)5-10(7-11)15(16,17)18/h5-7,21H,2-4,8,19H2,1H3. The summed E-state index contributed by atoms with van der Waals surface area (Å²) in [5.41, 5.74) is 5.82. The average molecular weight is 374 g/mol. The zero-order valence-electron chi connectivity index (χ0n) is 13.4. The van der Waals surface area contributed by atoms with Crippen molar-refractivity contribution in [1.82, 2.24) is 9.78 Å². The van der Waals surface area contributed by atoms with Gasteiger partial charge in [0.05, 0.1) is 11.3 Å². The maximum atomic E-state index is 13.0. The van der Waals surface area contributed by atoms with E-state index in [0.29, 0.717) is 18.4 Å². The minimum atomic E-state index is -4.60. The average Bonchev–Trinajstić information content (AvgIpc) is 3.04. The molecule has 0 unspecified atom stereocenters. The lowest BCUT2D eigenvalue weighted by Gasteiger charge is -2.14. The van der Waals surface area contributed by atoms with E-state index in [9.17, 15) is 21.6 Å². The number of aromatic nitrogens is 2. The quantitative estimate of drug-likeness (QED) is 0.858. The summed E-state index contributed by atoms with van der Waals surface area (Å²) in [5, 5.41) is 4.18. The molecule has 136 valence electrons. The van der Waals surface area contributed by atoms with Gasteiger partial charge in [-0.2, -0.15) is 26.7 Å². The van der Waals surface area contributed by atoms with Crippen LogP contribution in [0.25, 0.3) is 0 Å². The van der Waals surface area contributed by atoms with Crippen molar-refractivity contribution in [2.24, 2.45) is 12.8 Å². The fourth-order valence-electron chi connectivity index (χ4n) is 3.06. The largest absolute Gasteiger partial charge is 0.416 e. The zero-order valence-corrected chi connectivity index (χ0v) is 14.2. The first-order valence-electron chi connectivity index (χ1n) is 7.60. The van der Waals surface area contributed by atoms with Crippen molar-refractivity contribution in [1.29, 1.82) is 0 Å². The van der Waals surface area contributed by atoms with Gasteiger partial charge in [-0.1, -0.05) is 0 Å². The Labute approximate surface area is 142 Å². The molecule has 0 atom stereocenters. The van der Waals surface area contributed by atoms with Gasteiger partial charge in [0.1, 0.15) is 0 Å². The summed E-state index contributed by atoms with van der Waals surface area (Å²) in [6.07, 6.45) is -2.52. The summed E-state index contributed by atoms with van der Waals surface area (Å²) >= 11 is 0. The van der Waals surface area contributed by atoms with E-state index in [1.807, 2.05) is 0 Å². The third-order valence-corrected chi connectivity index (χ3v) is 5.60. The molecule has 6 nitrogen and oxygen atoms in total. The number of nitrogens with one attached hydrogen (secondary N) is 1. The second-order valence-corrected chi connectivity index (χ2v) is 7.53. The lowest BCUT2D eigenvalue weighted by atomic mass is 10.1. The Morgan fingerprint density at radius 3 is 2.64 bits per heavy atom. The molecule has 0 radical (unpaired) electrons. The maximum absolute atomic E-state index is 13.0. The molecule has 1 aliphatic rings. The van der Waals surface area contributed by atoms with Gasteiger partial charge in [0.25, 0.3) is 10.0 Å². The van der Waals surface area contributed by atoms with Crippen LogP contribution >= 0.6 is 0 Å². The Morgan fingerprint density at radius 2 is 2.00 bits per heavy atom. The third kappa shape index (κ3) is 3.36. The number of nitrogens with two attached hydrogens (primary N) is 1. The van der Waals surface area contributed by atoms with Crippen LogP contribution < -0.4 is 10.5 Å². The molecule has 0 aliphatic heterocycles. The van der Waals surface area contributed by atoms with E-state index >= 15 is 0 Å². The highest BCUT2D eigenvalue weighted by molar-refractivity contribution is 7.92. The fraction of sp³-hybridized carbons (Fsp3) is 0.400. The molecule has 0 bridgehead atoms. The Hall–Kier alpha value is -2.07. The molecule has 0 fully saturated rings. The number of rotatable bonds is 4. The second kappa shape index (κ2) is 6.03. The van der Waals surface area contributed by atoms with Crippen molar-refractivity contribution >= 4 is 15.7 Å². The smallest absolute Gasteiger partial charge is 0.326 e. The summed E-state index contributed by atoms with van der Waals surface area (Å²) in [6.45, 7) is -0.139. The number of benzene rings is 1. The summed E-state index contributed by atoms with van der Waals surface area (Å²) in [7, 11) is -2.57. The Bertz CT molecular complexity index is 920. The molecular formula is C15H17F3N4O2S. The van der Waals surface area contributed by atoms with Gasteiger partial charge in [0.15, 0.2) is 5.03 Å². The van der Waals surface area contributed by atoms with Gasteiger partial charge in [-0.05, 0) is 43.0 Å². The number of fused-ring (bicyclic) bond motifs is 1. The summed E-state index contributed by atoms with van der Waals surface area (Å²) in [5.74, 6) is 0. The molecule has 0 spiro atoms. The molecule has 25 heavy (non-hydrogen) atoms. The van der Waals surface area contributed by atoms with E-state index in [0.717, 1.165) is 24.2 Å². The molecular weight excluding hydrogens is 357 g/mol. The topological polar surface area (TPSA) is 90.0 Å². The second-order valence-electron chi connectivity index (χ2n) is 5.93. The van der Waals surface area contributed by atoms with Crippen molar-refractivity contribution in [3.8, 4) is 0 Å². The third-order valence-electron chi connectivity index (χ3n) is 4.07. The van der Waals surface area contributed by atoms with Crippen LogP contribution in [0.4, 0.5) is 18.9 Å². The molecule has 10 heteroatoms. The number of anilines is 1. The highest BCUT2D eigenvalue weighted by Gasteiger charge is 2.33. The van der Waals surface area contributed by atoms with E-state index in [1.54, 1.807) is 0 Å². The minimum absolute atomic E-state index is 0.00768. The van der Waals surface area contributed by atoms with Crippen LogP contribution in [0.3, 0.4) is 0 Å². The minimum Gasteiger partial charge on any atom is -0.326 e. The molecule has 0 amide bonds. The van der Waals surface area contributed by atoms with Crippen LogP contribution in [0.2, 0.25) is 0 Å². The normalized spacial score (nSPS) is 14.6. The van der Waals surface area contributed by atoms with Crippen molar-refractivity contribution in [2.75, 3.05) is 4.72 Å². The van der Waals surface area contributed by atoms with Gasteiger partial charge in [-0.3, -0.25) is 9.40 Å². The van der Waals surface area contributed by atoms with E-state index in [1.165, 1.54) is 17.8 Å². The van der Waals surface area contributed by atoms with Crippen LogP contribution in [-0.2, 0) is 42.6 Å². The molecule has 0 saturated carbocycles. The van der Waals surface area contributed by atoms with E-state index in [2.05, 4.69) is 9.82 Å². The molecule has 1 heterocycles. The predicted molar refractivity (Wildman–Crippen MR) is 85.4 cm³/mol. The lowest BCUT2D eigenvalue weighted by Crippen LogP contribution is -2.19. The number of aryl methyl sites for hydroxylation is 2. The molecule has 1 aromatic heterocycles. The lowest BCUT2D eigenvalue weighted by molar-refractivity contribution is -0.137. The van der Waals surface area contributed by atoms with Crippen LogP contribution in [0.5, 0.6) is 0 Å². The van der Waals surface area contributed by atoms with Crippen LogP contribution in [-0.4, -0.2) is 18.2 Å². The van der Waals surface area contributed by atoms with Crippen molar-refractivity contribution in [2.45, 2.75) is 37.0 Å². The maximum Gasteiger partial charge on any atom is 0.416 e. The highest BCUT2D eigenvalue weighted by Crippen LogP contribution is 2.33. The molecule has 2 aromatic rings. The Kier molecular flexibility index (Phi) is 4.28. The number of alkyl halides is 3. The molecule has 3 rings (SSSR count). The summed E-state index contributed by atoms with van der Waals surface area (Å²) in [4.78, 5) is 0. The number of nitrogens with zero attached hydrogens (tertiary/aromatic N) is 2.